The van der Waals surface area contributed by atoms with Gasteiger partial charge in [0.15, 0.2) is 0 Å². The maximum Gasteiger partial charge on any atom is 0.251 e. The Morgan fingerprint density at radius 3 is 2.95 bits per heavy atom. The van der Waals surface area contributed by atoms with Crippen molar-refractivity contribution in [1.82, 2.24) is 9.78 Å². The molecule has 19 heavy (non-hydrogen) atoms. The van der Waals surface area contributed by atoms with Gasteiger partial charge in [-0.05, 0) is 31.3 Å². The Balaban J connectivity index is 1.73. The van der Waals surface area contributed by atoms with E-state index >= 15 is 0 Å². The minimum absolute atomic E-state index is 0.00753. The molecule has 1 unspecified atom stereocenters. The monoisotopic (exact) mass is 268 g/mol. The highest BCUT2D eigenvalue weighted by atomic mass is 19.3. The second-order valence-corrected chi connectivity index (χ2v) is 5.32. The zero-order chi connectivity index (χ0) is 13.3. The Morgan fingerprint density at radius 1 is 1.37 bits per heavy atom. The molecule has 0 saturated carbocycles. The van der Waals surface area contributed by atoms with Crippen molar-refractivity contribution in [3.63, 3.8) is 0 Å². The van der Waals surface area contributed by atoms with Gasteiger partial charge in [0.1, 0.15) is 6.23 Å². The summed E-state index contributed by atoms with van der Waals surface area (Å²) < 4.78 is 33.7. The molecule has 1 aromatic heterocycles. The zero-order valence-electron chi connectivity index (χ0n) is 10.8. The summed E-state index contributed by atoms with van der Waals surface area (Å²) in [6, 6.07) is 0. The van der Waals surface area contributed by atoms with E-state index in [0.717, 1.165) is 37.0 Å². The van der Waals surface area contributed by atoms with E-state index in [-0.39, 0.29) is 19.1 Å². The van der Waals surface area contributed by atoms with Gasteiger partial charge in [-0.1, -0.05) is 6.08 Å². The lowest BCUT2D eigenvalue weighted by molar-refractivity contribution is -0.0395. The molecule has 2 aliphatic rings. The number of alkyl halides is 2. The molecule has 3 rings (SSSR count). The van der Waals surface area contributed by atoms with Crippen LogP contribution in [-0.2, 0) is 4.74 Å². The lowest BCUT2D eigenvalue weighted by Crippen LogP contribution is -2.18. The lowest BCUT2D eigenvalue weighted by atomic mass is 9.93. The molecule has 1 saturated heterocycles. The van der Waals surface area contributed by atoms with Gasteiger partial charge < -0.3 is 4.74 Å². The molecule has 1 fully saturated rings. The van der Waals surface area contributed by atoms with Crippen LogP contribution >= 0.6 is 0 Å². The molecule has 1 aromatic rings. The highest BCUT2D eigenvalue weighted by Gasteiger charge is 2.31. The average Bonchev–Trinajstić information content (AvgIpc) is 2.89. The molecule has 1 aliphatic heterocycles. The Hall–Kier alpha value is -1.23. The first kappa shape index (κ1) is 12.8. The zero-order valence-corrected chi connectivity index (χ0v) is 10.8. The lowest BCUT2D eigenvalue weighted by Gasteiger charge is -2.23. The predicted octanol–water partition coefficient (Wildman–Crippen LogP) is 3.78. The number of allylic oxidation sites excluding steroid dienone is 2. The smallest absolute Gasteiger partial charge is 0.251 e. The fourth-order valence-electron chi connectivity index (χ4n) is 2.65. The normalized spacial score (nSPS) is 27.1. The highest BCUT2D eigenvalue weighted by molar-refractivity contribution is 5.65. The van der Waals surface area contributed by atoms with Gasteiger partial charge in [0.05, 0.1) is 6.20 Å². The van der Waals surface area contributed by atoms with Crippen LogP contribution in [0.1, 0.15) is 50.3 Å². The summed E-state index contributed by atoms with van der Waals surface area (Å²) in [6.07, 6.45) is 8.75. The van der Waals surface area contributed by atoms with Crippen molar-refractivity contribution in [1.29, 1.82) is 0 Å². The summed E-state index contributed by atoms with van der Waals surface area (Å²) in [6.45, 7) is 0.773. The van der Waals surface area contributed by atoms with Crippen LogP contribution in [0.25, 0.3) is 5.57 Å². The SMILES string of the molecule is FC1(F)CC=C(c2cnn(C3CCCCO3)c2)CC1. The Morgan fingerprint density at radius 2 is 2.26 bits per heavy atom. The first-order valence-electron chi connectivity index (χ1n) is 6.87. The molecule has 3 nitrogen and oxygen atoms in total. The van der Waals surface area contributed by atoms with Crippen LogP contribution in [0, 0.1) is 0 Å². The molecule has 1 aliphatic carbocycles. The van der Waals surface area contributed by atoms with Gasteiger partial charge in [0, 0.05) is 31.2 Å². The fraction of sp³-hybridized carbons (Fsp3) is 0.643. The van der Waals surface area contributed by atoms with Crippen molar-refractivity contribution in [3.05, 3.63) is 24.0 Å². The van der Waals surface area contributed by atoms with E-state index in [2.05, 4.69) is 5.10 Å². The maximum absolute atomic E-state index is 13.1. The fourth-order valence-corrected chi connectivity index (χ4v) is 2.65. The summed E-state index contributed by atoms with van der Waals surface area (Å²) >= 11 is 0. The molecule has 0 amide bonds. The summed E-state index contributed by atoms with van der Waals surface area (Å²) in [4.78, 5) is 0. The van der Waals surface area contributed by atoms with Crippen molar-refractivity contribution in [2.75, 3.05) is 6.61 Å². The molecule has 0 radical (unpaired) electrons. The van der Waals surface area contributed by atoms with Crippen LogP contribution in [-0.4, -0.2) is 22.3 Å². The summed E-state index contributed by atoms with van der Waals surface area (Å²) in [7, 11) is 0. The van der Waals surface area contributed by atoms with Gasteiger partial charge in [0.25, 0.3) is 5.92 Å². The largest absolute Gasteiger partial charge is 0.357 e. The second kappa shape index (κ2) is 5.04. The minimum atomic E-state index is -2.54. The number of hydrogen-bond acceptors (Lipinski definition) is 2. The van der Waals surface area contributed by atoms with Crippen molar-refractivity contribution in [2.45, 2.75) is 50.7 Å². The van der Waals surface area contributed by atoms with E-state index in [4.69, 9.17) is 4.74 Å². The predicted molar refractivity (Wildman–Crippen MR) is 67.8 cm³/mol. The van der Waals surface area contributed by atoms with Crippen LogP contribution in [0.15, 0.2) is 18.5 Å². The van der Waals surface area contributed by atoms with Gasteiger partial charge in [-0.25, -0.2) is 13.5 Å². The summed E-state index contributed by atoms with van der Waals surface area (Å²) in [5.41, 5.74) is 1.93. The Labute approximate surface area is 111 Å². The third-order valence-corrected chi connectivity index (χ3v) is 3.83. The van der Waals surface area contributed by atoms with E-state index in [1.54, 1.807) is 12.3 Å². The van der Waals surface area contributed by atoms with Gasteiger partial charge in [-0.15, -0.1) is 0 Å². The Bertz CT molecular complexity index is 476. The molecule has 0 aromatic carbocycles. The maximum atomic E-state index is 13.1. The number of halogens is 2. The number of hydrogen-bond donors (Lipinski definition) is 0. The minimum Gasteiger partial charge on any atom is -0.357 e. The van der Waals surface area contributed by atoms with Gasteiger partial charge in [0.2, 0.25) is 0 Å². The summed E-state index contributed by atoms with van der Waals surface area (Å²) in [5, 5.41) is 4.31. The van der Waals surface area contributed by atoms with Crippen molar-refractivity contribution >= 4 is 5.57 Å². The third kappa shape index (κ3) is 2.86. The van der Waals surface area contributed by atoms with Gasteiger partial charge >= 0.3 is 0 Å². The van der Waals surface area contributed by atoms with E-state index in [1.807, 2.05) is 10.9 Å². The molecule has 2 heterocycles. The quantitative estimate of drug-likeness (QED) is 0.816. The van der Waals surface area contributed by atoms with Crippen LogP contribution in [0.3, 0.4) is 0 Å². The summed E-state index contributed by atoms with van der Waals surface area (Å²) in [5.74, 6) is -2.54. The van der Waals surface area contributed by atoms with Crippen LogP contribution in [0.5, 0.6) is 0 Å². The van der Waals surface area contributed by atoms with Crippen LogP contribution < -0.4 is 0 Å². The highest BCUT2D eigenvalue weighted by Crippen LogP contribution is 2.36. The number of aromatic nitrogens is 2. The Kier molecular flexibility index (Phi) is 3.39. The number of rotatable bonds is 2. The topological polar surface area (TPSA) is 27.1 Å². The molecule has 0 N–H and O–H groups in total. The first-order chi connectivity index (χ1) is 9.14. The van der Waals surface area contributed by atoms with E-state index in [1.165, 1.54) is 0 Å². The second-order valence-electron chi connectivity index (χ2n) is 5.32. The van der Waals surface area contributed by atoms with Crippen molar-refractivity contribution < 1.29 is 13.5 Å². The van der Waals surface area contributed by atoms with Crippen molar-refractivity contribution in [2.24, 2.45) is 0 Å². The van der Waals surface area contributed by atoms with E-state index in [9.17, 15) is 8.78 Å². The molecular formula is C14H18F2N2O. The first-order valence-corrected chi connectivity index (χ1v) is 6.87. The molecule has 5 heteroatoms. The number of nitrogens with zero attached hydrogens (tertiary/aromatic N) is 2. The van der Waals surface area contributed by atoms with Crippen LogP contribution in [0.4, 0.5) is 8.78 Å². The molecule has 1 atom stereocenters. The number of ether oxygens (including phenoxy) is 1. The van der Waals surface area contributed by atoms with E-state index < -0.39 is 5.92 Å². The van der Waals surface area contributed by atoms with E-state index in [0.29, 0.717) is 6.42 Å². The average molecular weight is 268 g/mol. The third-order valence-electron chi connectivity index (χ3n) is 3.83. The van der Waals surface area contributed by atoms with Gasteiger partial charge in [-0.2, -0.15) is 5.10 Å². The van der Waals surface area contributed by atoms with Gasteiger partial charge in [-0.3, -0.25) is 0 Å². The molecule has 104 valence electrons. The van der Waals surface area contributed by atoms with Crippen LogP contribution in [0.2, 0.25) is 0 Å². The van der Waals surface area contributed by atoms with Crippen molar-refractivity contribution in [3.8, 4) is 0 Å². The standard InChI is InChI=1S/C14H18F2N2O/c15-14(16)6-4-11(5-7-14)12-9-17-18(10-12)13-3-1-2-8-19-13/h4,9-10,13H,1-3,5-8H2. The molecule has 0 spiro atoms. The molecule has 0 bridgehead atoms. The molecular weight excluding hydrogens is 250 g/mol.